The Labute approximate surface area is 159 Å². The largest absolute Gasteiger partial charge is 0.454 e. The Morgan fingerprint density at radius 1 is 1.08 bits per heavy atom. The van der Waals surface area contributed by atoms with Crippen molar-refractivity contribution in [2.45, 2.75) is 65.5 Å². The second-order valence-corrected chi connectivity index (χ2v) is 10.3. The average Bonchev–Trinajstić information content (AvgIpc) is 3.19. The summed E-state index contributed by atoms with van der Waals surface area (Å²) in [6.07, 6.45) is 1.84. The lowest BCUT2D eigenvalue weighted by atomic mass is 9.52. The van der Waals surface area contributed by atoms with E-state index in [0.717, 1.165) is 4.90 Å². The highest BCUT2D eigenvalue weighted by atomic mass is 32.1. The third kappa shape index (κ3) is 1.49. The van der Waals surface area contributed by atoms with E-state index in [0.29, 0.717) is 6.04 Å². The molecule has 4 heterocycles. The van der Waals surface area contributed by atoms with Crippen LogP contribution in [0.5, 0.6) is 0 Å². The van der Waals surface area contributed by atoms with Gasteiger partial charge < -0.3 is 9.32 Å². The Kier molecular flexibility index (Phi) is 2.88. The molecule has 2 nitrogen and oxygen atoms in total. The number of para-hydroxylation sites is 1. The van der Waals surface area contributed by atoms with Gasteiger partial charge in [-0.3, -0.25) is 0 Å². The number of fused-ring (bicyclic) bond motifs is 7. The molecule has 0 N–H and O–H groups in total. The smallest absolute Gasteiger partial charge is 0.188 e. The monoisotopic (exact) mass is 365 g/mol. The zero-order valence-electron chi connectivity index (χ0n) is 16.7. The van der Waals surface area contributed by atoms with Gasteiger partial charge >= 0.3 is 0 Å². The van der Waals surface area contributed by atoms with Crippen molar-refractivity contribution in [2.75, 3.05) is 4.90 Å². The Balaban J connectivity index is 1.94. The number of furan rings is 1. The van der Waals surface area contributed by atoms with Crippen molar-refractivity contribution < 1.29 is 4.42 Å². The van der Waals surface area contributed by atoms with E-state index in [9.17, 15) is 0 Å². The summed E-state index contributed by atoms with van der Waals surface area (Å²) in [4.78, 5) is 5.29. The maximum absolute atomic E-state index is 5.80. The van der Waals surface area contributed by atoms with E-state index in [4.69, 9.17) is 4.42 Å². The van der Waals surface area contributed by atoms with Gasteiger partial charge in [-0.25, -0.2) is 0 Å². The molecule has 2 aromatic heterocycles. The molecule has 3 aromatic rings. The van der Waals surface area contributed by atoms with Gasteiger partial charge in [0.05, 0.1) is 17.8 Å². The molecule has 0 radical (unpaired) electrons. The van der Waals surface area contributed by atoms with Crippen molar-refractivity contribution in [3.05, 3.63) is 52.1 Å². The summed E-state index contributed by atoms with van der Waals surface area (Å²) in [6.45, 7) is 16.8. The molecule has 0 amide bonds. The second kappa shape index (κ2) is 4.56. The van der Waals surface area contributed by atoms with Crippen molar-refractivity contribution in [1.82, 2.24) is 0 Å². The Hall–Kier alpha value is -1.74. The molecule has 0 saturated carbocycles. The lowest BCUT2D eigenvalue weighted by molar-refractivity contribution is 0.0672. The standard InChI is InChI=1S/C23H27NOS/c1-13-9-8-10-16-18(13)24-14(2)17-15-11-12-25-20(15)26-19(17)23(24,7)22(5,6)21(16,3)4/h8-12,14H,1-7H3/t14-,23?/m0/s1. The molecule has 2 atom stereocenters. The van der Waals surface area contributed by atoms with Crippen LogP contribution in [0.15, 0.2) is 34.9 Å². The Bertz CT molecular complexity index is 1050. The molecule has 0 fully saturated rings. The minimum atomic E-state index is -0.0590. The lowest BCUT2D eigenvalue weighted by Crippen LogP contribution is -2.61. The first-order valence-corrected chi connectivity index (χ1v) is 10.4. The van der Waals surface area contributed by atoms with E-state index in [1.807, 2.05) is 17.6 Å². The second-order valence-electron chi connectivity index (χ2n) is 9.31. The topological polar surface area (TPSA) is 16.4 Å². The molecular weight excluding hydrogens is 338 g/mol. The summed E-state index contributed by atoms with van der Waals surface area (Å²) in [6, 6.07) is 9.33. The first-order chi connectivity index (χ1) is 12.1. The number of hydrogen-bond acceptors (Lipinski definition) is 3. The Morgan fingerprint density at radius 2 is 1.81 bits per heavy atom. The minimum absolute atomic E-state index is 0.0581. The summed E-state index contributed by atoms with van der Waals surface area (Å²) in [7, 11) is 0. The number of anilines is 1. The molecular formula is C23H27NOS. The van der Waals surface area contributed by atoms with Crippen LogP contribution in [0.4, 0.5) is 5.69 Å². The minimum Gasteiger partial charge on any atom is -0.454 e. The number of thiophene rings is 1. The molecule has 0 saturated heterocycles. The molecule has 0 spiro atoms. The van der Waals surface area contributed by atoms with Crippen LogP contribution in [0.1, 0.15) is 69.2 Å². The molecule has 26 heavy (non-hydrogen) atoms. The van der Waals surface area contributed by atoms with E-state index < -0.39 is 0 Å². The number of benzene rings is 1. The van der Waals surface area contributed by atoms with Crippen molar-refractivity contribution in [3.63, 3.8) is 0 Å². The van der Waals surface area contributed by atoms with Crippen molar-refractivity contribution in [3.8, 4) is 0 Å². The van der Waals surface area contributed by atoms with E-state index >= 15 is 0 Å². The van der Waals surface area contributed by atoms with Gasteiger partial charge in [-0.1, -0.05) is 45.9 Å². The van der Waals surface area contributed by atoms with Crippen LogP contribution in [-0.4, -0.2) is 0 Å². The molecule has 5 rings (SSSR count). The highest BCUT2D eigenvalue weighted by Crippen LogP contribution is 2.69. The van der Waals surface area contributed by atoms with E-state index in [2.05, 4.69) is 77.6 Å². The zero-order chi connectivity index (χ0) is 18.6. The fourth-order valence-corrected chi connectivity index (χ4v) is 7.20. The maximum atomic E-state index is 5.80. The SMILES string of the molecule is Cc1cccc2c1N1[C@@H](C)c3c(sc4occc34)C1(C)C(C)(C)C2(C)C. The molecule has 2 aliphatic heterocycles. The zero-order valence-corrected chi connectivity index (χ0v) is 17.5. The third-order valence-corrected chi connectivity index (χ3v) is 9.34. The van der Waals surface area contributed by atoms with E-state index in [-0.39, 0.29) is 16.4 Å². The van der Waals surface area contributed by atoms with Crippen LogP contribution in [0, 0.1) is 12.3 Å². The molecule has 1 aromatic carbocycles. The van der Waals surface area contributed by atoms with Crippen LogP contribution >= 0.6 is 11.3 Å². The van der Waals surface area contributed by atoms with Crippen LogP contribution in [-0.2, 0) is 11.0 Å². The predicted octanol–water partition coefficient (Wildman–Crippen LogP) is 6.92. The van der Waals surface area contributed by atoms with Gasteiger partial charge in [0, 0.05) is 26.9 Å². The quantitative estimate of drug-likeness (QED) is 0.430. The molecule has 3 heteroatoms. The van der Waals surface area contributed by atoms with Crippen LogP contribution in [0.25, 0.3) is 10.3 Å². The van der Waals surface area contributed by atoms with Gasteiger partial charge in [-0.15, -0.1) is 11.3 Å². The van der Waals surface area contributed by atoms with Crippen molar-refractivity contribution in [2.24, 2.45) is 5.41 Å². The van der Waals surface area contributed by atoms with E-state index in [1.54, 1.807) is 0 Å². The first-order valence-electron chi connectivity index (χ1n) is 9.54. The summed E-state index contributed by atoms with van der Waals surface area (Å²) in [5, 5.41) is 1.30. The van der Waals surface area contributed by atoms with Gasteiger partial charge in [-0.05, 0) is 43.4 Å². The molecule has 0 aliphatic carbocycles. The number of rotatable bonds is 0. The van der Waals surface area contributed by atoms with Crippen LogP contribution in [0.3, 0.4) is 0 Å². The highest BCUT2D eigenvalue weighted by Gasteiger charge is 2.64. The normalized spacial score (nSPS) is 28.1. The van der Waals surface area contributed by atoms with Gasteiger partial charge in [0.2, 0.25) is 0 Å². The van der Waals surface area contributed by atoms with Gasteiger partial charge in [0.15, 0.2) is 4.90 Å². The summed E-state index contributed by atoms with van der Waals surface area (Å²) in [5.41, 5.74) is 5.83. The number of nitrogens with zero attached hydrogens (tertiary/aromatic N) is 1. The third-order valence-electron chi connectivity index (χ3n) is 8.02. The average molecular weight is 366 g/mol. The van der Waals surface area contributed by atoms with Gasteiger partial charge in [-0.2, -0.15) is 0 Å². The molecule has 1 unspecified atom stereocenters. The fraction of sp³-hybridized carbons (Fsp3) is 0.478. The lowest BCUT2D eigenvalue weighted by Gasteiger charge is -2.62. The van der Waals surface area contributed by atoms with Gasteiger partial charge in [0.1, 0.15) is 0 Å². The first kappa shape index (κ1) is 16.4. The van der Waals surface area contributed by atoms with Crippen LogP contribution in [0.2, 0.25) is 0 Å². The molecule has 2 aliphatic rings. The predicted molar refractivity (Wildman–Crippen MR) is 110 cm³/mol. The summed E-state index contributed by atoms with van der Waals surface area (Å²) >= 11 is 1.86. The van der Waals surface area contributed by atoms with Gasteiger partial charge in [0.25, 0.3) is 0 Å². The maximum Gasteiger partial charge on any atom is 0.188 e. The van der Waals surface area contributed by atoms with Crippen molar-refractivity contribution in [1.29, 1.82) is 0 Å². The summed E-state index contributed by atoms with van der Waals surface area (Å²) in [5.74, 6) is 0. The Morgan fingerprint density at radius 3 is 2.54 bits per heavy atom. The number of aryl methyl sites for hydroxylation is 1. The molecule has 136 valence electrons. The fourth-order valence-electron chi connectivity index (χ4n) is 5.68. The summed E-state index contributed by atoms with van der Waals surface area (Å²) < 4.78 is 5.80. The molecule has 0 bridgehead atoms. The highest BCUT2D eigenvalue weighted by molar-refractivity contribution is 7.18. The van der Waals surface area contributed by atoms with Crippen LogP contribution < -0.4 is 4.90 Å². The number of hydrogen-bond donors (Lipinski definition) is 0. The van der Waals surface area contributed by atoms with Crippen molar-refractivity contribution >= 4 is 27.3 Å². The van der Waals surface area contributed by atoms with E-state index in [1.165, 1.54) is 32.6 Å².